The lowest BCUT2D eigenvalue weighted by Crippen LogP contribution is -2.37. The predicted octanol–water partition coefficient (Wildman–Crippen LogP) is 1.37. The van der Waals surface area contributed by atoms with Crippen LogP contribution in [0.5, 0.6) is 0 Å². The summed E-state index contributed by atoms with van der Waals surface area (Å²) in [5.41, 5.74) is 0.417. The highest BCUT2D eigenvalue weighted by molar-refractivity contribution is 4.91. The highest BCUT2D eigenvalue weighted by Crippen LogP contribution is 2.28. The summed E-state index contributed by atoms with van der Waals surface area (Å²) in [4.78, 5) is 4.32. The lowest BCUT2D eigenvalue weighted by atomic mass is 9.82. The molecule has 1 aromatic heterocycles. The molecule has 0 aromatic carbocycles. The quantitative estimate of drug-likeness (QED) is 0.786. The van der Waals surface area contributed by atoms with Crippen molar-refractivity contribution in [2.75, 3.05) is 26.3 Å². The van der Waals surface area contributed by atoms with Crippen LogP contribution in [0.4, 0.5) is 0 Å². The first-order valence-electron chi connectivity index (χ1n) is 6.44. The Hall–Kier alpha value is -0.870. The van der Waals surface area contributed by atoms with Crippen LogP contribution in [-0.4, -0.2) is 35.9 Å². The maximum atomic E-state index is 5.40. The average molecular weight is 237 g/mol. The van der Waals surface area contributed by atoms with E-state index >= 15 is 0 Å². The molecule has 1 fully saturated rings. The summed E-state index contributed by atoms with van der Waals surface area (Å²) in [5.74, 6) is 1.15. The van der Waals surface area contributed by atoms with Gasteiger partial charge in [-0.1, -0.05) is 6.92 Å². The predicted molar refractivity (Wildman–Crippen MR) is 67.9 cm³/mol. The summed E-state index contributed by atoms with van der Waals surface area (Å²) >= 11 is 0. The van der Waals surface area contributed by atoms with Gasteiger partial charge in [-0.2, -0.15) is 0 Å². The van der Waals surface area contributed by atoms with Crippen molar-refractivity contribution in [1.29, 1.82) is 0 Å². The maximum Gasteiger partial charge on any atom is 0.109 e. The van der Waals surface area contributed by atoms with Crippen molar-refractivity contribution in [2.24, 2.45) is 12.5 Å². The van der Waals surface area contributed by atoms with Gasteiger partial charge in [0.1, 0.15) is 5.82 Å². The molecule has 17 heavy (non-hydrogen) atoms. The van der Waals surface area contributed by atoms with Crippen molar-refractivity contribution in [2.45, 2.75) is 26.2 Å². The Morgan fingerprint density at radius 2 is 2.24 bits per heavy atom. The van der Waals surface area contributed by atoms with Gasteiger partial charge in [0.05, 0.1) is 0 Å². The van der Waals surface area contributed by atoms with Crippen molar-refractivity contribution < 1.29 is 4.74 Å². The second-order valence-electron chi connectivity index (χ2n) is 5.30. The fourth-order valence-electron chi connectivity index (χ4n) is 2.27. The zero-order chi connectivity index (χ0) is 12.1. The van der Waals surface area contributed by atoms with E-state index < -0.39 is 0 Å². The molecule has 2 rings (SSSR count). The lowest BCUT2D eigenvalue weighted by Gasteiger charge is -2.33. The molecule has 0 atom stereocenters. The monoisotopic (exact) mass is 237 g/mol. The number of imidazole rings is 1. The summed E-state index contributed by atoms with van der Waals surface area (Å²) in [7, 11) is 2.04. The van der Waals surface area contributed by atoms with E-state index in [9.17, 15) is 0 Å². The second-order valence-corrected chi connectivity index (χ2v) is 5.30. The maximum absolute atomic E-state index is 5.40. The van der Waals surface area contributed by atoms with Gasteiger partial charge >= 0.3 is 0 Å². The molecule has 0 aliphatic carbocycles. The van der Waals surface area contributed by atoms with Gasteiger partial charge in [0.25, 0.3) is 0 Å². The highest BCUT2D eigenvalue weighted by Gasteiger charge is 2.26. The number of nitrogens with one attached hydrogen (secondary N) is 1. The Kier molecular flexibility index (Phi) is 4.18. The minimum absolute atomic E-state index is 0.417. The molecule has 0 radical (unpaired) electrons. The zero-order valence-corrected chi connectivity index (χ0v) is 10.9. The molecule has 2 heterocycles. The Bertz CT molecular complexity index is 342. The van der Waals surface area contributed by atoms with Crippen LogP contribution >= 0.6 is 0 Å². The van der Waals surface area contributed by atoms with Crippen LogP contribution in [-0.2, 0) is 18.2 Å². The van der Waals surface area contributed by atoms with E-state index in [0.717, 1.165) is 38.5 Å². The summed E-state index contributed by atoms with van der Waals surface area (Å²) in [5, 5.41) is 3.55. The van der Waals surface area contributed by atoms with E-state index in [0.29, 0.717) is 5.41 Å². The number of nitrogens with zero attached hydrogens (tertiary/aromatic N) is 2. The van der Waals surface area contributed by atoms with E-state index in [1.165, 1.54) is 12.8 Å². The first kappa shape index (κ1) is 12.6. The van der Waals surface area contributed by atoms with Gasteiger partial charge in [-0.25, -0.2) is 4.98 Å². The van der Waals surface area contributed by atoms with Gasteiger partial charge in [0.2, 0.25) is 0 Å². The molecule has 1 aliphatic heterocycles. The normalized spacial score (nSPS) is 19.4. The number of ether oxygens (including phenoxy) is 1. The Morgan fingerprint density at radius 3 is 2.88 bits per heavy atom. The third kappa shape index (κ3) is 3.54. The van der Waals surface area contributed by atoms with Gasteiger partial charge in [0.15, 0.2) is 0 Å². The second kappa shape index (κ2) is 5.65. The Morgan fingerprint density at radius 1 is 1.47 bits per heavy atom. The molecule has 0 spiro atoms. The number of hydrogen-bond acceptors (Lipinski definition) is 3. The van der Waals surface area contributed by atoms with Crippen molar-refractivity contribution in [3.63, 3.8) is 0 Å². The SMILES string of the molecule is Cn1ccnc1CCNCC1(C)CCOCC1. The van der Waals surface area contributed by atoms with Crippen molar-refractivity contribution in [3.8, 4) is 0 Å². The van der Waals surface area contributed by atoms with Gasteiger partial charge in [-0.3, -0.25) is 0 Å². The summed E-state index contributed by atoms with van der Waals surface area (Å²) in [6, 6.07) is 0. The van der Waals surface area contributed by atoms with Crippen LogP contribution < -0.4 is 5.32 Å². The van der Waals surface area contributed by atoms with E-state index in [1.807, 2.05) is 19.4 Å². The molecule has 1 aromatic rings. The molecule has 96 valence electrons. The largest absolute Gasteiger partial charge is 0.381 e. The molecule has 0 bridgehead atoms. The summed E-state index contributed by atoms with van der Waals surface area (Å²) < 4.78 is 7.49. The fraction of sp³-hybridized carbons (Fsp3) is 0.769. The Labute approximate surface area is 103 Å². The van der Waals surface area contributed by atoms with Crippen molar-refractivity contribution in [1.82, 2.24) is 14.9 Å². The van der Waals surface area contributed by atoms with Crippen LogP contribution in [0.15, 0.2) is 12.4 Å². The highest BCUT2D eigenvalue weighted by atomic mass is 16.5. The van der Waals surface area contributed by atoms with Gasteiger partial charge < -0.3 is 14.6 Å². The van der Waals surface area contributed by atoms with Crippen LogP contribution in [0, 0.1) is 5.41 Å². The lowest BCUT2D eigenvalue weighted by molar-refractivity contribution is 0.0242. The zero-order valence-electron chi connectivity index (χ0n) is 10.9. The van der Waals surface area contributed by atoms with Crippen LogP contribution in [0.1, 0.15) is 25.6 Å². The number of aromatic nitrogens is 2. The molecule has 0 amide bonds. The van der Waals surface area contributed by atoms with E-state index in [2.05, 4.69) is 21.8 Å². The van der Waals surface area contributed by atoms with Gasteiger partial charge in [-0.05, 0) is 18.3 Å². The van der Waals surface area contributed by atoms with Crippen molar-refractivity contribution in [3.05, 3.63) is 18.2 Å². The van der Waals surface area contributed by atoms with Gasteiger partial charge in [0, 0.05) is 52.2 Å². The summed E-state index contributed by atoms with van der Waals surface area (Å²) in [6.07, 6.45) is 7.19. The molecule has 0 unspecified atom stereocenters. The van der Waals surface area contributed by atoms with Crippen LogP contribution in [0.2, 0.25) is 0 Å². The molecule has 4 nitrogen and oxygen atoms in total. The van der Waals surface area contributed by atoms with E-state index in [-0.39, 0.29) is 0 Å². The van der Waals surface area contributed by atoms with Crippen LogP contribution in [0.3, 0.4) is 0 Å². The standard InChI is InChI=1S/C13H23N3O/c1-13(4-9-17-10-5-13)11-14-6-3-12-15-7-8-16(12)2/h7-8,14H,3-6,9-11H2,1-2H3. The molecule has 1 saturated heterocycles. The third-order valence-corrected chi connectivity index (χ3v) is 3.70. The van der Waals surface area contributed by atoms with Gasteiger partial charge in [-0.15, -0.1) is 0 Å². The number of hydrogen-bond donors (Lipinski definition) is 1. The number of aryl methyl sites for hydroxylation is 1. The molecule has 4 heteroatoms. The number of rotatable bonds is 5. The topological polar surface area (TPSA) is 39.1 Å². The third-order valence-electron chi connectivity index (χ3n) is 3.70. The van der Waals surface area contributed by atoms with E-state index in [1.54, 1.807) is 0 Å². The van der Waals surface area contributed by atoms with Crippen LogP contribution in [0.25, 0.3) is 0 Å². The van der Waals surface area contributed by atoms with E-state index in [4.69, 9.17) is 4.74 Å². The first-order chi connectivity index (χ1) is 8.20. The minimum atomic E-state index is 0.417. The smallest absolute Gasteiger partial charge is 0.109 e. The molecule has 0 saturated carbocycles. The molecular formula is C13H23N3O. The average Bonchev–Trinajstić information content (AvgIpc) is 2.72. The Balaban J connectivity index is 1.67. The fourth-order valence-corrected chi connectivity index (χ4v) is 2.27. The summed E-state index contributed by atoms with van der Waals surface area (Å²) in [6.45, 7) is 6.26. The van der Waals surface area contributed by atoms with Crippen molar-refractivity contribution >= 4 is 0 Å². The first-order valence-corrected chi connectivity index (χ1v) is 6.44. The molecule has 1 aliphatic rings. The molecule has 1 N–H and O–H groups in total. The molecular weight excluding hydrogens is 214 g/mol. The minimum Gasteiger partial charge on any atom is -0.381 e.